The van der Waals surface area contributed by atoms with Gasteiger partial charge in [-0.1, -0.05) is 32.6 Å². The molecule has 0 amide bonds. The van der Waals surface area contributed by atoms with Crippen LogP contribution in [0.3, 0.4) is 0 Å². The molecule has 0 aromatic rings. The third-order valence-corrected chi connectivity index (χ3v) is 1.61. The van der Waals surface area contributed by atoms with Crippen LogP contribution in [0.2, 0.25) is 0 Å². The minimum absolute atomic E-state index is 0.167. The van der Waals surface area contributed by atoms with Crippen LogP contribution < -0.4 is 5.73 Å². The van der Waals surface area contributed by atoms with Gasteiger partial charge in [0, 0.05) is 0 Å². The van der Waals surface area contributed by atoms with Crippen molar-refractivity contribution in [2.45, 2.75) is 39.0 Å². The number of thiocarbonyl (C=S) groups is 1. The van der Waals surface area contributed by atoms with Crippen LogP contribution >= 0.6 is 12.2 Å². The summed E-state index contributed by atoms with van der Waals surface area (Å²) in [6, 6.07) is 0. The second kappa shape index (κ2) is 7.79. The lowest BCUT2D eigenvalue weighted by molar-refractivity contribution is 0.295. The molecule has 0 radical (unpaired) electrons. The van der Waals surface area contributed by atoms with E-state index in [0.29, 0.717) is 6.61 Å². The van der Waals surface area contributed by atoms with Gasteiger partial charge in [-0.05, 0) is 18.6 Å². The first-order valence-electron chi connectivity index (χ1n) is 4.19. The number of rotatable bonds is 6. The molecule has 66 valence electrons. The lowest BCUT2D eigenvalue weighted by atomic mass is 10.2. The predicted octanol–water partition coefficient (Wildman–Crippen LogP) is 2.22. The van der Waals surface area contributed by atoms with E-state index in [4.69, 9.17) is 10.5 Å². The van der Waals surface area contributed by atoms with E-state index in [1.807, 2.05) is 0 Å². The normalized spacial score (nSPS) is 9.55. The molecule has 3 heteroatoms. The van der Waals surface area contributed by atoms with E-state index in [2.05, 4.69) is 19.1 Å². The molecule has 0 saturated heterocycles. The van der Waals surface area contributed by atoms with Crippen molar-refractivity contribution in [3.63, 3.8) is 0 Å². The van der Waals surface area contributed by atoms with Gasteiger partial charge in [-0.25, -0.2) is 0 Å². The molecule has 2 N–H and O–H groups in total. The standard InChI is InChI=1S/C8H17NOS/c1-2-3-4-5-6-7-10-8(9)11/h2-7H2,1H3,(H2,9,11). The first-order valence-corrected chi connectivity index (χ1v) is 4.60. The summed E-state index contributed by atoms with van der Waals surface area (Å²) in [5.41, 5.74) is 5.14. The highest BCUT2D eigenvalue weighted by Gasteiger charge is 1.90. The molecule has 0 aromatic carbocycles. The Kier molecular flexibility index (Phi) is 7.57. The Hall–Kier alpha value is -0.310. The van der Waals surface area contributed by atoms with Gasteiger partial charge in [0.1, 0.15) is 0 Å². The second-order valence-corrected chi connectivity index (χ2v) is 2.98. The Labute approximate surface area is 74.1 Å². The van der Waals surface area contributed by atoms with Crippen LogP contribution in [0.5, 0.6) is 0 Å². The summed E-state index contributed by atoms with van der Waals surface area (Å²) in [6.45, 7) is 2.88. The number of nitrogens with two attached hydrogens (primary N) is 1. The predicted molar refractivity (Wildman–Crippen MR) is 51.5 cm³/mol. The van der Waals surface area contributed by atoms with E-state index in [9.17, 15) is 0 Å². The third-order valence-electron chi connectivity index (χ3n) is 1.49. The van der Waals surface area contributed by atoms with Crippen LogP contribution in [0.25, 0.3) is 0 Å². The Morgan fingerprint density at radius 3 is 2.45 bits per heavy atom. The number of ether oxygens (including phenoxy) is 1. The maximum atomic E-state index is 5.14. The van der Waals surface area contributed by atoms with Crippen LogP contribution in [-0.2, 0) is 4.74 Å². The van der Waals surface area contributed by atoms with E-state index in [1.54, 1.807) is 0 Å². The highest BCUT2D eigenvalue weighted by Crippen LogP contribution is 2.01. The maximum absolute atomic E-state index is 5.14. The number of unbranched alkanes of at least 4 members (excludes halogenated alkanes) is 4. The van der Waals surface area contributed by atoms with E-state index in [-0.39, 0.29) is 5.17 Å². The summed E-state index contributed by atoms with van der Waals surface area (Å²) in [5.74, 6) is 0. The SMILES string of the molecule is CCCCCCCOC(N)=S. The minimum Gasteiger partial charge on any atom is -0.471 e. The van der Waals surface area contributed by atoms with Gasteiger partial charge >= 0.3 is 0 Å². The molecule has 0 aliphatic rings. The highest BCUT2D eigenvalue weighted by atomic mass is 32.1. The average Bonchev–Trinajstić information content (AvgIpc) is 1.96. The summed E-state index contributed by atoms with van der Waals surface area (Å²) in [4.78, 5) is 0. The molecule has 0 aliphatic carbocycles. The fraction of sp³-hybridized carbons (Fsp3) is 0.875. The Morgan fingerprint density at radius 1 is 1.27 bits per heavy atom. The van der Waals surface area contributed by atoms with Crippen LogP contribution in [0, 0.1) is 0 Å². The van der Waals surface area contributed by atoms with E-state index < -0.39 is 0 Å². The molecule has 0 fully saturated rings. The quantitative estimate of drug-likeness (QED) is 0.496. The first kappa shape index (κ1) is 10.7. The number of hydrogen-bond acceptors (Lipinski definition) is 2. The molecule has 2 nitrogen and oxygen atoms in total. The van der Waals surface area contributed by atoms with Gasteiger partial charge in [0.2, 0.25) is 0 Å². The Morgan fingerprint density at radius 2 is 1.91 bits per heavy atom. The summed E-state index contributed by atoms with van der Waals surface area (Å²) >= 11 is 4.55. The summed E-state index contributed by atoms with van der Waals surface area (Å²) in [6.07, 6.45) is 6.16. The zero-order valence-electron chi connectivity index (χ0n) is 7.14. The highest BCUT2D eigenvalue weighted by molar-refractivity contribution is 7.80. The van der Waals surface area contributed by atoms with Crippen molar-refractivity contribution in [3.8, 4) is 0 Å². The van der Waals surface area contributed by atoms with Gasteiger partial charge in [-0.2, -0.15) is 0 Å². The van der Waals surface area contributed by atoms with Gasteiger partial charge in [0.25, 0.3) is 5.17 Å². The van der Waals surface area contributed by atoms with Gasteiger partial charge < -0.3 is 10.5 Å². The second-order valence-electron chi connectivity index (χ2n) is 2.58. The van der Waals surface area contributed by atoms with Crippen molar-refractivity contribution >= 4 is 17.4 Å². The fourth-order valence-corrected chi connectivity index (χ4v) is 0.962. The third kappa shape index (κ3) is 9.69. The molecule has 0 saturated carbocycles. The van der Waals surface area contributed by atoms with Crippen molar-refractivity contribution in [2.24, 2.45) is 5.73 Å². The molecular weight excluding hydrogens is 158 g/mol. The van der Waals surface area contributed by atoms with Crippen molar-refractivity contribution in [3.05, 3.63) is 0 Å². The smallest absolute Gasteiger partial charge is 0.253 e. The first-order chi connectivity index (χ1) is 5.27. The van der Waals surface area contributed by atoms with Crippen molar-refractivity contribution < 1.29 is 4.74 Å². The van der Waals surface area contributed by atoms with E-state index in [0.717, 1.165) is 6.42 Å². The van der Waals surface area contributed by atoms with Crippen LogP contribution in [0.15, 0.2) is 0 Å². The molecular formula is C8H17NOS. The molecule has 11 heavy (non-hydrogen) atoms. The number of hydrogen-bond donors (Lipinski definition) is 1. The molecule has 0 aromatic heterocycles. The van der Waals surface area contributed by atoms with Gasteiger partial charge in [0.05, 0.1) is 6.61 Å². The maximum Gasteiger partial charge on any atom is 0.253 e. The van der Waals surface area contributed by atoms with Crippen LogP contribution in [0.4, 0.5) is 0 Å². The largest absolute Gasteiger partial charge is 0.471 e. The van der Waals surface area contributed by atoms with E-state index in [1.165, 1.54) is 25.7 Å². The molecule has 0 spiro atoms. The molecule has 0 atom stereocenters. The summed E-state index contributed by atoms with van der Waals surface area (Å²) in [5, 5.41) is 0.167. The summed E-state index contributed by atoms with van der Waals surface area (Å²) < 4.78 is 4.93. The minimum atomic E-state index is 0.167. The van der Waals surface area contributed by atoms with Gasteiger partial charge in [-0.3, -0.25) is 0 Å². The molecule has 0 unspecified atom stereocenters. The Balaban J connectivity index is 2.85. The van der Waals surface area contributed by atoms with Crippen molar-refractivity contribution in [1.82, 2.24) is 0 Å². The zero-order valence-corrected chi connectivity index (χ0v) is 7.95. The molecule has 0 aliphatic heterocycles. The average molecular weight is 175 g/mol. The monoisotopic (exact) mass is 175 g/mol. The lowest BCUT2D eigenvalue weighted by Crippen LogP contribution is -2.13. The fourth-order valence-electron chi connectivity index (χ4n) is 0.878. The van der Waals surface area contributed by atoms with Gasteiger partial charge in [0.15, 0.2) is 0 Å². The topological polar surface area (TPSA) is 35.2 Å². The van der Waals surface area contributed by atoms with E-state index >= 15 is 0 Å². The van der Waals surface area contributed by atoms with Gasteiger partial charge in [-0.15, -0.1) is 0 Å². The van der Waals surface area contributed by atoms with Crippen LogP contribution in [0.1, 0.15) is 39.0 Å². The van der Waals surface area contributed by atoms with Crippen molar-refractivity contribution in [1.29, 1.82) is 0 Å². The van der Waals surface area contributed by atoms with Crippen LogP contribution in [-0.4, -0.2) is 11.8 Å². The lowest BCUT2D eigenvalue weighted by Gasteiger charge is -2.01. The molecule has 0 bridgehead atoms. The molecule has 0 rings (SSSR count). The molecule has 0 heterocycles. The summed E-state index contributed by atoms with van der Waals surface area (Å²) in [7, 11) is 0. The Bertz CT molecular complexity index is 106. The zero-order chi connectivity index (χ0) is 8.53. The van der Waals surface area contributed by atoms with Crippen molar-refractivity contribution in [2.75, 3.05) is 6.61 Å².